The van der Waals surface area contributed by atoms with Crippen molar-refractivity contribution in [1.29, 1.82) is 0 Å². The van der Waals surface area contributed by atoms with Crippen LogP contribution in [0.4, 0.5) is 4.39 Å². The lowest BCUT2D eigenvalue weighted by Crippen LogP contribution is -2.41. The first-order valence-corrected chi connectivity index (χ1v) is 7.24. The molecule has 3 nitrogen and oxygen atoms in total. The lowest BCUT2D eigenvalue weighted by atomic mass is 9.87. The third-order valence-electron chi connectivity index (χ3n) is 3.33. The quantitative estimate of drug-likeness (QED) is 0.756. The van der Waals surface area contributed by atoms with Gasteiger partial charge in [0.1, 0.15) is 10.9 Å². The van der Waals surface area contributed by atoms with Gasteiger partial charge in [-0.25, -0.2) is 9.37 Å². The van der Waals surface area contributed by atoms with Crippen molar-refractivity contribution in [3.05, 3.63) is 20.2 Å². The molecule has 2 rings (SSSR count). The monoisotopic (exact) mass is 323 g/mol. The van der Waals surface area contributed by atoms with Crippen molar-refractivity contribution in [2.45, 2.75) is 38.9 Å². The van der Waals surface area contributed by atoms with Crippen LogP contribution in [0.3, 0.4) is 0 Å². The SMILES string of the molecule is CC1(C)OB(C(F)=Cc2sc(Cl)nc2Cl)OC1(C)C. The number of thiazole rings is 1. The zero-order valence-corrected chi connectivity index (χ0v) is 13.3. The molecule has 2 heterocycles. The molecule has 0 bridgehead atoms. The second kappa shape index (κ2) is 5.00. The number of rotatable bonds is 2. The van der Waals surface area contributed by atoms with Crippen LogP contribution in [0.1, 0.15) is 32.6 Å². The summed E-state index contributed by atoms with van der Waals surface area (Å²) in [5, 5.41) is 0.168. The van der Waals surface area contributed by atoms with Crippen LogP contribution in [0.15, 0.2) is 5.73 Å². The summed E-state index contributed by atoms with van der Waals surface area (Å²) in [7, 11) is -1.04. The molecule has 0 aliphatic carbocycles. The van der Waals surface area contributed by atoms with Gasteiger partial charge in [0, 0.05) is 0 Å². The van der Waals surface area contributed by atoms with E-state index in [4.69, 9.17) is 32.5 Å². The Balaban J connectivity index is 2.22. The smallest absolute Gasteiger partial charge is 0.398 e. The molecule has 8 heteroatoms. The predicted molar refractivity (Wildman–Crippen MR) is 77.3 cm³/mol. The van der Waals surface area contributed by atoms with Crippen LogP contribution in [0.25, 0.3) is 6.08 Å². The second-order valence-corrected chi connectivity index (χ2v) is 7.21. The Hall–Kier alpha value is -0.135. The molecule has 1 aliphatic rings. The summed E-state index contributed by atoms with van der Waals surface area (Å²) >= 11 is 12.6. The minimum Gasteiger partial charge on any atom is -0.398 e. The summed E-state index contributed by atoms with van der Waals surface area (Å²) in [6, 6.07) is 0. The Morgan fingerprint density at radius 1 is 1.26 bits per heavy atom. The maximum atomic E-state index is 14.2. The Bertz CT molecular complexity index is 517. The molecule has 0 saturated carbocycles. The van der Waals surface area contributed by atoms with E-state index >= 15 is 0 Å². The summed E-state index contributed by atoms with van der Waals surface area (Å²) in [5.41, 5.74) is -1.73. The molecule has 0 amide bonds. The zero-order valence-electron chi connectivity index (χ0n) is 11.0. The van der Waals surface area contributed by atoms with Crippen molar-refractivity contribution in [1.82, 2.24) is 4.98 Å². The molecule has 0 radical (unpaired) electrons. The third-order valence-corrected chi connectivity index (χ3v) is 4.84. The van der Waals surface area contributed by atoms with Gasteiger partial charge in [-0.3, -0.25) is 0 Å². The Kier molecular flexibility index (Phi) is 4.02. The van der Waals surface area contributed by atoms with Gasteiger partial charge in [0.25, 0.3) is 0 Å². The summed E-state index contributed by atoms with van der Waals surface area (Å²) in [6.07, 6.45) is 1.24. The highest BCUT2D eigenvalue weighted by Crippen LogP contribution is 2.39. The molecule has 104 valence electrons. The first-order chi connectivity index (χ1) is 8.62. The molecule has 0 atom stereocenters. The molecule has 1 saturated heterocycles. The van der Waals surface area contributed by atoms with Crippen LogP contribution in [0.2, 0.25) is 9.62 Å². The standard InChI is InChI=1S/C11H13BCl2FNO2S/c1-10(2)11(3,4)18-12(17-10)7(15)5-6-8(13)16-9(14)19-6/h5H,1-4H3. The van der Waals surface area contributed by atoms with Gasteiger partial charge in [-0.1, -0.05) is 23.2 Å². The number of halogens is 3. The highest BCUT2D eigenvalue weighted by atomic mass is 35.5. The molecule has 1 aromatic heterocycles. The van der Waals surface area contributed by atoms with Crippen LogP contribution in [0, 0.1) is 0 Å². The third kappa shape index (κ3) is 2.98. The number of hydrogen-bond acceptors (Lipinski definition) is 4. The van der Waals surface area contributed by atoms with Crippen LogP contribution in [-0.2, 0) is 9.31 Å². The van der Waals surface area contributed by atoms with Crippen molar-refractivity contribution in [2.24, 2.45) is 0 Å². The van der Waals surface area contributed by atoms with Crippen LogP contribution in [-0.4, -0.2) is 23.3 Å². The molecule has 1 aromatic rings. The highest BCUT2D eigenvalue weighted by molar-refractivity contribution is 7.17. The van der Waals surface area contributed by atoms with Crippen molar-refractivity contribution < 1.29 is 13.7 Å². The average Bonchev–Trinajstić information content (AvgIpc) is 2.65. The van der Waals surface area contributed by atoms with Gasteiger partial charge < -0.3 is 9.31 Å². The number of aromatic nitrogens is 1. The molecular weight excluding hydrogens is 311 g/mol. The van der Waals surface area contributed by atoms with E-state index in [9.17, 15) is 4.39 Å². The zero-order chi connectivity index (χ0) is 14.4. The maximum Gasteiger partial charge on any atom is 0.525 e. The first kappa shape index (κ1) is 15.3. The van der Waals surface area contributed by atoms with Crippen molar-refractivity contribution in [3.63, 3.8) is 0 Å². The predicted octanol–water partition coefficient (Wildman–Crippen LogP) is 4.39. The maximum absolute atomic E-state index is 14.2. The van der Waals surface area contributed by atoms with Crippen molar-refractivity contribution in [3.8, 4) is 0 Å². The van der Waals surface area contributed by atoms with E-state index in [1.54, 1.807) is 0 Å². The van der Waals surface area contributed by atoms with Gasteiger partial charge >= 0.3 is 7.12 Å². The average molecular weight is 324 g/mol. The first-order valence-electron chi connectivity index (χ1n) is 5.67. The fourth-order valence-electron chi connectivity index (χ4n) is 1.53. The van der Waals surface area contributed by atoms with Crippen LogP contribution < -0.4 is 0 Å². The van der Waals surface area contributed by atoms with E-state index in [-0.39, 0.29) is 9.62 Å². The van der Waals surface area contributed by atoms with Gasteiger partial charge in [-0.15, -0.1) is 11.3 Å². The van der Waals surface area contributed by atoms with E-state index in [0.717, 1.165) is 11.3 Å². The van der Waals surface area contributed by atoms with Gasteiger partial charge in [0.15, 0.2) is 4.47 Å². The van der Waals surface area contributed by atoms with Gasteiger partial charge in [-0.05, 0) is 33.8 Å². The molecular formula is C11H13BCl2FNO2S. The number of hydrogen-bond donors (Lipinski definition) is 0. The Labute approximate surface area is 125 Å². The molecule has 0 unspecified atom stereocenters. The van der Waals surface area contributed by atoms with E-state index in [1.807, 2.05) is 27.7 Å². The normalized spacial score (nSPS) is 22.1. The summed E-state index contributed by atoms with van der Waals surface area (Å²) in [6.45, 7) is 7.43. The Morgan fingerprint density at radius 3 is 2.21 bits per heavy atom. The van der Waals surface area contributed by atoms with E-state index in [0.29, 0.717) is 4.88 Å². The van der Waals surface area contributed by atoms with E-state index in [1.165, 1.54) is 6.08 Å². The molecule has 0 aromatic carbocycles. The van der Waals surface area contributed by atoms with Crippen LogP contribution >= 0.6 is 34.5 Å². The minimum atomic E-state index is -1.04. The van der Waals surface area contributed by atoms with Gasteiger partial charge in [0.2, 0.25) is 0 Å². The van der Waals surface area contributed by atoms with Gasteiger partial charge in [-0.2, -0.15) is 0 Å². The summed E-state index contributed by atoms with van der Waals surface area (Å²) in [4.78, 5) is 4.25. The second-order valence-electron chi connectivity index (χ2n) is 5.24. The van der Waals surface area contributed by atoms with Crippen molar-refractivity contribution in [2.75, 3.05) is 0 Å². The molecule has 1 fully saturated rings. The topological polar surface area (TPSA) is 31.4 Å². The molecule has 0 N–H and O–H groups in total. The minimum absolute atomic E-state index is 0.168. The van der Waals surface area contributed by atoms with E-state index in [2.05, 4.69) is 4.98 Å². The van der Waals surface area contributed by atoms with Crippen molar-refractivity contribution >= 4 is 47.7 Å². The lowest BCUT2D eigenvalue weighted by Gasteiger charge is -2.32. The fourth-order valence-corrected chi connectivity index (χ4v) is 2.83. The molecule has 19 heavy (non-hydrogen) atoms. The fraction of sp³-hybridized carbons (Fsp3) is 0.545. The van der Waals surface area contributed by atoms with E-state index < -0.39 is 24.0 Å². The van der Waals surface area contributed by atoms with Gasteiger partial charge in [0.05, 0.1) is 16.1 Å². The number of nitrogens with zero attached hydrogens (tertiary/aromatic N) is 1. The summed E-state index contributed by atoms with van der Waals surface area (Å²) < 4.78 is 25.6. The molecule has 1 aliphatic heterocycles. The molecule has 0 spiro atoms. The lowest BCUT2D eigenvalue weighted by molar-refractivity contribution is 0.00578. The largest absolute Gasteiger partial charge is 0.525 e. The summed E-state index contributed by atoms with van der Waals surface area (Å²) in [5.74, 6) is 0. The Morgan fingerprint density at radius 2 is 1.79 bits per heavy atom. The highest BCUT2D eigenvalue weighted by Gasteiger charge is 2.53. The van der Waals surface area contributed by atoms with Crippen LogP contribution in [0.5, 0.6) is 0 Å².